The minimum absolute atomic E-state index is 0.467. The zero-order valence-corrected chi connectivity index (χ0v) is 16.4. The molecule has 1 aromatic heterocycles. The van der Waals surface area contributed by atoms with Crippen molar-refractivity contribution in [2.24, 2.45) is 4.99 Å². The van der Waals surface area contributed by atoms with Gasteiger partial charge in [0, 0.05) is 24.1 Å². The highest BCUT2D eigenvalue weighted by Gasteiger charge is 2.19. The summed E-state index contributed by atoms with van der Waals surface area (Å²) < 4.78 is 2.67. The lowest BCUT2D eigenvalue weighted by molar-refractivity contribution is 0.112. The first-order valence-electron chi connectivity index (χ1n) is 8.11. The average Bonchev–Trinajstić information content (AvgIpc) is 2.99. The van der Waals surface area contributed by atoms with Crippen LogP contribution in [0.15, 0.2) is 58.0 Å². The Balaban J connectivity index is 2.23. The predicted molar refractivity (Wildman–Crippen MR) is 109 cm³/mol. The molecule has 0 bridgehead atoms. The Kier molecular flexibility index (Phi) is 5.32. The van der Waals surface area contributed by atoms with Gasteiger partial charge in [-0.2, -0.15) is 5.10 Å². The van der Waals surface area contributed by atoms with E-state index in [0.717, 1.165) is 27.6 Å². The smallest absolute Gasteiger partial charge is 0.168 e. The van der Waals surface area contributed by atoms with Crippen molar-refractivity contribution in [3.8, 4) is 16.9 Å². The van der Waals surface area contributed by atoms with Crippen molar-refractivity contribution in [1.29, 1.82) is 0 Å². The summed E-state index contributed by atoms with van der Waals surface area (Å²) in [6, 6.07) is 15.7. The third-order valence-corrected chi connectivity index (χ3v) is 4.35. The van der Waals surface area contributed by atoms with Crippen molar-refractivity contribution < 1.29 is 4.79 Å². The molecule has 0 unspecified atom stereocenters. The van der Waals surface area contributed by atoms with Crippen molar-refractivity contribution in [1.82, 2.24) is 14.7 Å². The second-order valence-corrected chi connectivity index (χ2v) is 7.08. The molecule has 0 atom stereocenters. The largest absolute Gasteiger partial charge is 0.369 e. The van der Waals surface area contributed by atoms with Gasteiger partial charge in [-0.3, -0.25) is 4.79 Å². The first-order chi connectivity index (χ1) is 12.5. The molecule has 0 spiro atoms. The minimum Gasteiger partial charge on any atom is -0.369 e. The van der Waals surface area contributed by atoms with Gasteiger partial charge in [0.1, 0.15) is 5.69 Å². The number of aldehydes is 1. The predicted octanol–water partition coefficient (Wildman–Crippen LogP) is 4.64. The molecule has 2 aromatic carbocycles. The summed E-state index contributed by atoms with van der Waals surface area (Å²) >= 11 is 3.44. The molecule has 0 aliphatic carbocycles. The van der Waals surface area contributed by atoms with E-state index >= 15 is 0 Å². The molecule has 1 heterocycles. The molecule has 0 saturated carbocycles. The van der Waals surface area contributed by atoms with Gasteiger partial charge in [0.25, 0.3) is 0 Å². The van der Waals surface area contributed by atoms with E-state index in [1.807, 2.05) is 74.4 Å². The summed E-state index contributed by atoms with van der Waals surface area (Å²) in [7, 11) is 3.76. The molecule has 26 heavy (non-hydrogen) atoms. The molecular weight excluding hydrogens is 392 g/mol. The number of rotatable bonds is 5. The summed E-state index contributed by atoms with van der Waals surface area (Å²) in [5, 5.41) is 4.70. The number of aliphatic imine (C=N–C) groups is 1. The van der Waals surface area contributed by atoms with Crippen LogP contribution in [0.5, 0.6) is 0 Å². The van der Waals surface area contributed by atoms with Gasteiger partial charge in [-0.15, -0.1) is 0 Å². The highest BCUT2D eigenvalue weighted by Crippen LogP contribution is 2.32. The fourth-order valence-electron chi connectivity index (χ4n) is 2.51. The highest BCUT2D eigenvalue weighted by atomic mass is 79.9. The van der Waals surface area contributed by atoms with Gasteiger partial charge >= 0.3 is 0 Å². The Hall–Kier alpha value is -2.73. The summed E-state index contributed by atoms with van der Waals surface area (Å²) in [6.07, 6.45) is 2.48. The van der Waals surface area contributed by atoms with E-state index in [9.17, 15) is 4.79 Å². The lowest BCUT2D eigenvalue weighted by Crippen LogP contribution is -2.07. The topological polar surface area (TPSA) is 50.5 Å². The number of halogens is 1. The zero-order chi connectivity index (χ0) is 18.7. The molecule has 0 radical (unpaired) electrons. The SMILES string of the molecule is Cc1ccc(-c2nn(-c3ccc(Br)cc3)c(/N=C/N(C)C)c2C=O)cc1. The maximum absolute atomic E-state index is 11.9. The molecule has 0 aliphatic rings. The van der Waals surface area contributed by atoms with Gasteiger partial charge in [0.05, 0.1) is 17.6 Å². The normalized spacial score (nSPS) is 11.1. The molecule has 132 valence electrons. The molecule has 0 amide bonds. The first kappa shape index (κ1) is 18.1. The third-order valence-electron chi connectivity index (χ3n) is 3.82. The molecule has 0 fully saturated rings. The van der Waals surface area contributed by atoms with E-state index in [2.05, 4.69) is 20.9 Å². The standard InChI is InChI=1S/C20H19BrN4O/c1-14-4-6-15(7-5-14)19-18(12-26)20(22-13-24(2)3)25(23-19)17-10-8-16(21)9-11-17/h4-13H,1-3H3/b22-13+. The Bertz CT molecular complexity index is 941. The summed E-state index contributed by atoms with van der Waals surface area (Å²) in [6.45, 7) is 2.03. The Morgan fingerprint density at radius 2 is 1.73 bits per heavy atom. The minimum atomic E-state index is 0.467. The van der Waals surface area contributed by atoms with Gasteiger partial charge in [-0.05, 0) is 31.2 Å². The number of hydrogen-bond acceptors (Lipinski definition) is 3. The second kappa shape index (κ2) is 7.66. The van der Waals surface area contributed by atoms with E-state index < -0.39 is 0 Å². The summed E-state index contributed by atoms with van der Waals surface area (Å²) in [4.78, 5) is 18.2. The van der Waals surface area contributed by atoms with Gasteiger partial charge in [-0.25, -0.2) is 9.67 Å². The summed E-state index contributed by atoms with van der Waals surface area (Å²) in [5.74, 6) is 0.506. The van der Waals surface area contributed by atoms with E-state index in [1.165, 1.54) is 0 Å². The lowest BCUT2D eigenvalue weighted by atomic mass is 10.1. The highest BCUT2D eigenvalue weighted by molar-refractivity contribution is 9.10. The molecule has 0 aliphatic heterocycles. The fraction of sp³-hybridized carbons (Fsp3) is 0.150. The number of nitrogens with zero attached hydrogens (tertiary/aromatic N) is 4. The van der Waals surface area contributed by atoms with E-state index in [1.54, 1.807) is 11.0 Å². The monoisotopic (exact) mass is 410 g/mol. The molecule has 5 nitrogen and oxygen atoms in total. The molecule has 3 aromatic rings. The van der Waals surface area contributed by atoms with Crippen LogP contribution >= 0.6 is 15.9 Å². The van der Waals surface area contributed by atoms with Gasteiger partial charge < -0.3 is 4.90 Å². The van der Waals surface area contributed by atoms with Crippen LogP contribution < -0.4 is 0 Å². The number of aryl methyl sites for hydroxylation is 1. The second-order valence-electron chi connectivity index (χ2n) is 6.17. The average molecular weight is 411 g/mol. The van der Waals surface area contributed by atoms with E-state index in [-0.39, 0.29) is 0 Å². The van der Waals surface area contributed by atoms with Gasteiger partial charge in [-0.1, -0.05) is 45.8 Å². The number of hydrogen-bond donors (Lipinski definition) is 0. The van der Waals surface area contributed by atoms with Crippen LogP contribution in [0.4, 0.5) is 5.82 Å². The van der Waals surface area contributed by atoms with Crippen LogP contribution in [0.1, 0.15) is 15.9 Å². The van der Waals surface area contributed by atoms with Crippen molar-refractivity contribution in [3.05, 3.63) is 64.1 Å². The molecule has 3 rings (SSSR count). The van der Waals surface area contributed by atoms with E-state index in [0.29, 0.717) is 17.1 Å². The van der Waals surface area contributed by atoms with Crippen molar-refractivity contribution >= 4 is 34.4 Å². The van der Waals surface area contributed by atoms with Crippen LogP contribution in [-0.4, -0.2) is 41.4 Å². The van der Waals surface area contributed by atoms with E-state index in [4.69, 9.17) is 5.10 Å². The van der Waals surface area contributed by atoms with Crippen LogP contribution in [-0.2, 0) is 0 Å². The number of benzene rings is 2. The summed E-state index contributed by atoms with van der Waals surface area (Å²) in [5.41, 5.74) is 3.96. The number of aromatic nitrogens is 2. The van der Waals surface area contributed by atoms with Crippen LogP contribution in [0.2, 0.25) is 0 Å². The van der Waals surface area contributed by atoms with Crippen LogP contribution in [0, 0.1) is 6.92 Å². The zero-order valence-electron chi connectivity index (χ0n) is 14.8. The lowest BCUT2D eigenvalue weighted by Gasteiger charge is -2.06. The number of carbonyl (C=O) groups is 1. The van der Waals surface area contributed by atoms with Crippen LogP contribution in [0.3, 0.4) is 0 Å². The Labute approximate surface area is 161 Å². The molecular formula is C20H19BrN4O. The number of carbonyl (C=O) groups excluding carboxylic acids is 1. The quantitative estimate of drug-likeness (QED) is 0.349. The fourth-order valence-corrected chi connectivity index (χ4v) is 2.78. The van der Waals surface area contributed by atoms with Gasteiger partial charge in [0.2, 0.25) is 0 Å². The third kappa shape index (κ3) is 3.75. The van der Waals surface area contributed by atoms with Crippen molar-refractivity contribution in [2.45, 2.75) is 6.92 Å². The van der Waals surface area contributed by atoms with Crippen LogP contribution in [0.25, 0.3) is 16.9 Å². The van der Waals surface area contributed by atoms with Crippen molar-refractivity contribution in [2.75, 3.05) is 14.1 Å². The maximum Gasteiger partial charge on any atom is 0.168 e. The van der Waals surface area contributed by atoms with Crippen molar-refractivity contribution in [3.63, 3.8) is 0 Å². The molecule has 0 N–H and O–H groups in total. The molecule has 6 heteroatoms. The molecule has 0 saturated heterocycles. The maximum atomic E-state index is 11.9. The Morgan fingerprint density at radius 3 is 2.31 bits per heavy atom. The first-order valence-corrected chi connectivity index (χ1v) is 8.90. The van der Waals surface area contributed by atoms with Gasteiger partial charge in [0.15, 0.2) is 12.1 Å². The Morgan fingerprint density at radius 1 is 1.08 bits per heavy atom.